The van der Waals surface area contributed by atoms with Gasteiger partial charge in [-0.3, -0.25) is 4.79 Å². The maximum absolute atomic E-state index is 11.2. The average molecular weight is 174 g/mol. The third kappa shape index (κ3) is 1.10. The minimum absolute atomic E-state index is 0.232. The predicted octanol–water partition coefficient (Wildman–Crippen LogP) is 1.59. The van der Waals surface area contributed by atoms with E-state index in [0.717, 1.165) is 0 Å². The highest BCUT2D eigenvalue weighted by Gasteiger charge is 2.03. The Kier molecular flexibility index (Phi) is 1.63. The quantitative estimate of drug-likeness (QED) is 0.643. The Labute approximate surface area is 72.9 Å². The summed E-state index contributed by atoms with van der Waals surface area (Å²) in [4.78, 5) is 11.2. The van der Waals surface area contributed by atoms with Crippen LogP contribution >= 0.6 is 0 Å². The van der Waals surface area contributed by atoms with Crippen molar-refractivity contribution in [2.24, 2.45) is 5.11 Å². The number of nitrogens with zero attached hydrogens (tertiary/aromatic N) is 2. The largest absolute Gasteiger partial charge is 0.272 e. The van der Waals surface area contributed by atoms with E-state index in [9.17, 15) is 4.79 Å². The molecular formula is C8H6N4O. The molecule has 1 aromatic heterocycles. The standard InChI is InChI=1S/C8H6N4O/c9-10-7-5-3-1-2-4-6(5)8(13)12-11-7/h1-4,9H,(H,12,13). The van der Waals surface area contributed by atoms with Crippen LogP contribution in [0.1, 0.15) is 0 Å². The van der Waals surface area contributed by atoms with Crippen LogP contribution < -0.4 is 5.56 Å². The number of fused-ring (bicyclic) bond motifs is 1. The molecule has 5 nitrogen and oxygen atoms in total. The number of aromatic nitrogens is 2. The Bertz CT molecular complexity index is 517. The molecule has 0 amide bonds. The molecule has 13 heavy (non-hydrogen) atoms. The molecule has 0 aliphatic rings. The van der Waals surface area contributed by atoms with Gasteiger partial charge in [0.25, 0.3) is 5.56 Å². The molecule has 0 spiro atoms. The van der Waals surface area contributed by atoms with Crippen molar-refractivity contribution in [3.05, 3.63) is 34.6 Å². The smallest absolute Gasteiger partial charge is 0.267 e. The lowest BCUT2D eigenvalue weighted by Gasteiger charge is -1.96. The van der Waals surface area contributed by atoms with Crippen molar-refractivity contribution in [2.75, 3.05) is 0 Å². The molecule has 1 heterocycles. The summed E-state index contributed by atoms with van der Waals surface area (Å²) >= 11 is 0. The van der Waals surface area contributed by atoms with Crippen LogP contribution in [-0.4, -0.2) is 10.2 Å². The number of H-pyrrole nitrogens is 1. The van der Waals surface area contributed by atoms with E-state index in [0.29, 0.717) is 10.8 Å². The first-order valence-corrected chi connectivity index (χ1v) is 3.68. The number of hydrogen-bond acceptors (Lipinski definition) is 4. The molecule has 0 saturated carbocycles. The zero-order chi connectivity index (χ0) is 9.26. The van der Waals surface area contributed by atoms with E-state index in [2.05, 4.69) is 15.3 Å². The van der Waals surface area contributed by atoms with Crippen LogP contribution in [0.2, 0.25) is 0 Å². The molecule has 0 atom stereocenters. The van der Waals surface area contributed by atoms with E-state index in [1.807, 2.05) is 0 Å². The lowest BCUT2D eigenvalue weighted by atomic mass is 10.2. The summed E-state index contributed by atoms with van der Waals surface area (Å²) in [6.45, 7) is 0. The fourth-order valence-corrected chi connectivity index (χ4v) is 1.19. The average Bonchev–Trinajstić information content (AvgIpc) is 2.19. The van der Waals surface area contributed by atoms with Crippen molar-refractivity contribution in [3.8, 4) is 0 Å². The minimum atomic E-state index is -0.261. The molecule has 0 unspecified atom stereocenters. The molecule has 2 N–H and O–H groups in total. The molecule has 64 valence electrons. The van der Waals surface area contributed by atoms with Crippen LogP contribution in [0.3, 0.4) is 0 Å². The van der Waals surface area contributed by atoms with Gasteiger partial charge in [-0.15, -0.1) is 10.2 Å². The third-order valence-electron chi connectivity index (χ3n) is 1.78. The molecule has 5 heteroatoms. The fraction of sp³-hybridized carbons (Fsp3) is 0. The highest BCUT2D eigenvalue weighted by Crippen LogP contribution is 2.18. The number of nitrogens with one attached hydrogen (secondary N) is 2. The molecule has 2 rings (SSSR count). The van der Waals surface area contributed by atoms with Crippen LogP contribution in [-0.2, 0) is 0 Å². The highest BCUT2D eigenvalue weighted by molar-refractivity contribution is 5.89. The second kappa shape index (κ2) is 2.78. The van der Waals surface area contributed by atoms with Gasteiger partial charge in [-0.2, -0.15) is 0 Å². The Morgan fingerprint density at radius 1 is 1.31 bits per heavy atom. The zero-order valence-corrected chi connectivity index (χ0v) is 6.61. The van der Waals surface area contributed by atoms with Gasteiger partial charge in [0.2, 0.25) is 5.82 Å². The molecule has 1 aromatic carbocycles. The first-order valence-electron chi connectivity index (χ1n) is 3.68. The van der Waals surface area contributed by atoms with Gasteiger partial charge in [0, 0.05) is 5.39 Å². The van der Waals surface area contributed by atoms with E-state index >= 15 is 0 Å². The van der Waals surface area contributed by atoms with Crippen molar-refractivity contribution in [1.82, 2.24) is 10.2 Å². The molecule has 0 radical (unpaired) electrons. The Balaban J connectivity index is 3.01. The Morgan fingerprint density at radius 3 is 2.69 bits per heavy atom. The van der Waals surface area contributed by atoms with Crippen molar-refractivity contribution in [1.29, 1.82) is 5.53 Å². The minimum Gasteiger partial charge on any atom is -0.267 e. The molecule has 0 bridgehead atoms. The van der Waals surface area contributed by atoms with Crippen molar-refractivity contribution in [3.63, 3.8) is 0 Å². The molecule has 0 aliphatic carbocycles. The van der Waals surface area contributed by atoms with Crippen LogP contribution in [0.5, 0.6) is 0 Å². The number of hydrogen-bond donors (Lipinski definition) is 2. The van der Waals surface area contributed by atoms with Crippen LogP contribution in [0.15, 0.2) is 34.2 Å². The molecule has 0 aliphatic heterocycles. The highest BCUT2D eigenvalue weighted by atomic mass is 16.1. The summed E-state index contributed by atoms with van der Waals surface area (Å²) in [6.07, 6.45) is 0. The maximum Gasteiger partial charge on any atom is 0.272 e. The van der Waals surface area contributed by atoms with E-state index in [-0.39, 0.29) is 11.4 Å². The normalized spacial score (nSPS) is 10.2. The van der Waals surface area contributed by atoms with Gasteiger partial charge in [0.15, 0.2) is 0 Å². The molecular weight excluding hydrogens is 168 g/mol. The number of rotatable bonds is 1. The van der Waals surface area contributed by atoms with Gasteiger partial charge < -0.3 is 0 Å². The first-order chi connectivity index (χ1) is 6.33. The summed E-state index contributed by atoms with van der Waals surface area (Å²) in [5, 5.41) is 10.2. The Hall–Kier alpha value is -2.04. The predicted molar refractivity (Wildman–Crippen MR) is 47.2 cm³/mol. The summed E-state index contributed by atoms with van der Waals surface area (Å²) in [7, 11) is 0. The molecule has 0 saturated heterocycles. The van der Waals surface area contributed by atoms with E-state index in [4.69, 9.17) is 5.53 Å². The van der Waals surface area contributed by atoms with Gasteiger partial charge in [-0.05, 0) is 6.07 Å². The second-order valence-electron chi connectivity index (χ2n) is 2.53. The summed E-state index contributed by atoms with van der Waals surface area (Å²) in [5.74, 6) is 0.232. The summed E-state index contributed by atoms with van der Waals surface area (Å²) in [5.41, 5.74) is 6.58. The van der Waals surface area contributed by atoms with Crippen molar-refractivity contribution in [2.45, 2.75) is 0 Å². The molecule has 0 fully saturated rings. The summed E-state index contributed by atoms with van der Waals surface area (Å²) in [6, 6.07) is 6.92. The summed E-state index contributed by atoms with van der Waals surface area (Å²) < 4.78 is 0. The molecule has 2 aromatic rings. The van der Waals surface area contributed by atoms with Crippen molar-refractivity contribution >= 4 is 16.6 Å². The Morgan fingerprint density at radius 2 is 2.00 bits per heavy atom. The van der Waals surface area contributed by atoms with Crippen LogP contribution in [0.25, 0.3) is 10.8 Å². The zero-order valence-electron chi connectivity index (χ0n) is 6.61. The van der Waals surface area contributed by atoms with E-state index in [1.54, 1.807) is 24.3 Å². The monoisotopic (exact) mass is 174 g/mol. The van der Waals surface area contributed by atoms with E-state index < -0.39 is 0 Å². The topological polar surface area (TPSA) is 82.0 Å². The van der Waals surface area contributed by atoms with Gasteiger partial charge in [0.1, 0.15) is 0 Å². The van der Waals surface area contributed by atoms with Crippen LogP contribution in [0.4, 0.5) is 5.82 Å². The van der Waals surface area contributed by atoms with Gasteiger partial charge in [-0.25, -0.2) is 10.6 Å². The number of aromatic amines is 1. The van der Waals surface area contributed by atoms with Gasteiger partial charge >= 0.3 is 0 Å². The third-order valence-corrected chi connectivity index (χ3v) is 1.78. The van der Waals surface area contributed by atoms with Crippen molar-refractivity contribution < 1.29 is 0 Å². The fourth-order valence-electron chi connectivity index (χ4n) is 1.19. The van der Waals surface area contributed by atoms with Gasteiger partial charge in [0.05, 0.1) is 5.39 Å². The lowest BCUT2D eigenvalue weighted by Crippen LogP contribution is -2.07. The first kappa shape index (κ1) is 7.60. The maximum atomic E-state index is 11.2. The SMILES string of the molecule is N=Nc1n[nH]c(=O)c2ccccc12. The van der Waals surface area contributed by atoms with Gasteiger partial charge in [-0.1, -0.05) is 18.2 Å². The number of benzene rings is 1. The van der Waals surface area contributed by atoms with Crippen LogP contribution in [0, 0.1) is 5.53 Å². The lowest BCUT2D eigenvalue weighted by molar-refractivity contribution is 0.971. The van der Waals surface area contributed by atoms with E-state index in [1.165, 1.54) is 0 Å². The second-order valence-corrected chi connectivity index (χ2v) is 2.53.